The lowest BCUT2D eigenvalue weighted by Gasteiger charge is -2.31. The van der Waals surface area contributed by atoms with E-state index in [0.717, 1.165) is 42.9 Å². The maximum absolute atomic E-state index is 14.5. The van der Waals surface area contributed by atoms with E-state index >= 15 is 0 Å². The molecule has 5 nitrogen and oxygen atoms in total. The first-order chi connectivity index (χ1) is 14.0. The molecule has 1 aliphatic heterocycles. The van der Waals surface area contributed by atoms with Crippen LogP contribution >= 0.6 is 0 Å². The second kappa shape index (κ2) is 8.20. The number of hydrogen-bond donors (Lipinski definition) is 3. The van der Waals surface area contributed by atoms with Crippen molar-refractivity contribution >= 4 is 11.6 Å². The molecule has 1 aromatic heterocycles. The third-order valence-corrected chi connectivity index (χ3v) is 6.25. The first-order valence-electron chi connectivity index (χ1n) is 10.5. The zero-order valence-electron chi connectivity index (χ0n) is 16.8. The average Bonchev–Trinajstić information content (AvgIpc) is 3.46. The van der Waals surface area contributed by atoms with E-state index in [-0.39, 0.29) is 17.6 Å². The summed E-state index contributed by atoms with van der Waals surface area (Å²) < 4.78 is 14.5. The normalized spacial score (nSPS) is 23.6. The number of carbonyl (C=O) groups is 1. The van der Waals surface area contributed by atoms with Crippen LogP contribution in [0.3, 0.4) is 0 Å². The molecule has 1 amide bonds. The monoisotopic (exact) mass is 396 g/mol. The Morgan fingerprint density at radius 2 is 2.03 bits per heavy atom. The van der Waals surface area contributed by atoms with Crippen molar-refractivity contribution in [3.63, 3.8) is 0 Å². The number of carbonyl (C=O) groups excluding carboxylic acids is 1. The SMILES string of the molecule is CC1CN[C@@H](C(=O)Nc2cc(C(N)(CCC3CC3)c3ccncc3)ccc2F)C1. The number of rotatable bonds is 7. The zero-order chi connectivity index (χ0) is 20.4. The highest BCUT2D eigenvalue weighted by Gasteiger charge is 2.34. The van der Waals surface area contributed by atoms with E-state index in [2.05, 4.69) is 22.5 Å². The first kappa shape index (κ1) is 20.0. The van der Waals surface area contributed by atoms with Crippen LogP contribution in [0, 0.1) is 17.7 Å². The van der Waals surface area contributed by atoms with E-state index in [0.29, 0.717) is 5.92 Å². The van der Waals surface area contributed by atoms with Crippen LogP contribution in [-0.2, 0) is 10.3 Å². The van der Waals surface area contributed by atoms with Crippen LogP contribution in [0.15, 0.2) is 42.7 Å². The van der Waals surface area contributed by atoms with Crippen LogP contribution < -0.4 is 16.4 Å². The number of benzene rings is 1. The lowest BCUT2D eigenvalue weighted by Crippen LogP contribution is -2.39. The molecule has 2 aliphatic rings. The molecule has 2 aromatic rings. The minimum Gasteiger partial charge on any atom is -0.322 e. The minimum absolute atomic E-state index is 0.184. The molecular weight excluding hydrogens is 367 g/mol. The van der Waals surface area contributed by atoms with E-state index in [1.54, 1.807) is 24.5 Å². The molecule has 1 saturated carbocycles. The quantitative estimate of drug-likeness (QED) is 0.669. The van der Waals surface area contributed by atoms with Gasteiger partial charge in [0.15, 0.2) is 0 Å². The second-order valence-electron chi connectivity index (χ2n) is 8.67. The third kappa shape index (κ3) is 4.49. The molecule has 0 spiro atoms. The number of pyridine rings is 1. The number of aromatic nitrogens is 1. The van der Waals surface area contributed by atoms with Crippen molar-refractivity contribution in [3.8, 4) is 0 Å². The Kier molecular flexibility index (Phi) is 5.65. The molecule has 2 heterocycles. The van der Waals surface area contributed by atoms with Gasteiger partial charge in [-0.25, -0.2) is 4.39 Å². The molecule has 4 N–H and O–H groups in total. The third-order valence-electron chi connectivity index (χ3n) is 6.25. The van der Waals surface area contributed by atoms with Crippen LogP contribution in [0.4, 0.5) is 10.1 Å². The molecule has 3 atom stereocenters. The molecule has 154 valence electrons. The van der Waals surface area contributed by atoms with Crippen LogP contribution in [0.5, 0.6) is 0 Å². The summed E-state index contributed by atoms with van der Waals surface area (Å²) in [7, 11) is 0. The van der Waals surface area contributed by atoms with Crippen LogP contribution in [0.2, 0.25) is 0 Å². The topological polar surface area (TPSA) is 80.0 Å². The predicted molar refractivity (Wildman–Crippen MR) is 112 cm³/mol. The summed E-state index contributed by atoms with van der Waals surface area (Å²) in [4.78, 5) is 16.7. The summed E-state index contributed by atoms with van der Waals surface area (Å²) >= 11 is 0. The minimum atomic E-state index is -0.751. The van der Waals surface area contributed by atoms with Gasteiger partial charge in [-0.3, -0.25) is 9.78 Å². The Labute approximate surface area is 171 Å². The van der Waals surface area contributed by atoms with E-state index < -0.39 is 11.4 Å². The number of nitrogens with zero attached hydrogens (tertiary/aromatic N) is 1. The number of hydrogen-bond acceptors (Lipinski definition) is 4. The van der Waals surface area contributed by atoms with Crippen molar-refractivity contribution in [2.45, 2.75) is 50.6 Å². The molecule has 1 saturated heterocycles. The predicted octanol–water partition coefficient (Wildman–Crippen LogP) is 3.55. The van der Waals surface area contributed by atoms with Gasteiger partial charge in [-0.1, -0.05) is 25.8 Å². The highest BCUT2D eigenvalue weighted by molar-refractivity contribution is 5.95. The van der Waals surface area contributed by atoms with Gasteiger partial charge in [-0.05, 0) is 73.0 Å². The van der Waals surface area contributed by atoms with Crippen molar-refractivity contribution in [3.05, 3.63) is 59.7 Å². The molecule has 1 aromatic carbocycles. The Morgan fingerprint density at radius 3 is 2.69 bits per heavy atom. The number of amides is 1. The maximum atomic E-state index is 14.5. The highest BCUT2D eigenvalue weighted by Crippen LogP contribution is 2.40. The smallest absolute Gasteiger partial charge is 0.241 e. The van der Waals surface area contributed by atoms with Gasteiger partial charge in [-0.2, -0.15) is 0 Å². The van der Waals surface area contributed by atoms with Gasteiger partial charge in [0.2, 0.25) is 5.91 Å². The fourth-order valence-corrected chi connectivity index (χ4v) is 4.17. The fraction of sp³-hybridized carbons (Fsp3) is 0.478. The van der Waals surface area contributed by atoms with Crippen molar-refractivity contribution in [1.82, 2.24) is 10.3 Å². The average molecular weight is 397 g/mol. The lowest BCUT2D eigenvalue weighted by atomic mass is 9.79. The fourth-order valence-electron chi connectivity index (χ4n) is 4.17. The molecule has 1 aliphatic carbocycles. The Morgan fingerprint density at radius 1 is 1.28 bits per heavy atom. The first-order valence-corrected chi connectivity index (χ1v) is 10.5. The van der Waals surface area contributed by atoms with Gasteiger partial charge >= 0.3 is 0 Å². The largest absolute Gasteiger partial charge is 0.322 e. The van der Waals surface area contributed by atoms with E-state index in [9.17, 15) is 9.18 Å². The van der Waals surface area contributed by atoms with Crippen LogP contribution in [-0.4, -0.2) is 23.5 Å². The van der Waals surface area contributed by atoms with Gasteiger partial charge < -0.3 is 16.4 Å². The Bertz CT molecular complexity index is 870. The van der Waals surface area contributed by atoms with E-state index in [1.165, 1.54) is 18.9 Å². The van der Waals surface area contributed by atoms with Gasteiger partial charge in [0, 0.05) is 12.4 Å². The van der Waals surface area contributed by atoms with Gasteiger partial charge in [-0.15, -0.1) is 0 Å². The highest BCUT2D eigenvalue weighted by atomic mass is 19.1. The lowest BCUT2D eigenvalue weighted by molar-refractivity contribution is -0.117. The van der Waals surface area contributed by atoms with Crippen molar-refractivity contribution < 1.29 is 9.18 Å². The molecule has 4 rings (SSSR count). The Balaban J connectivity index is 1.61. The number of nitrogens with two attached hydrogens (primary N) is 1. The van der Waals surface area contributed by atoms with Crippen molar-refractivity contribution in [1.29, 1.82) is 0 Å². The number of nitrogens with one attached hydrogen (secondary N) is 2. The molecule has 0 bridgehead atoms. The molecule has 29 heavy (non-hydrogen) atoms. The van der Waals surface area contributed by atoms with Crippen LogP contribution in [0.1, 0.15) is 50.2 Å². The van der Waals surface area contributed by atoms with Crippen molar-refractivity contribution in [2.24, 2.45) is 17.6 Å². The summed E-state index contributed by atoms with van der Waals surface area (Å²) in [6.45, 7) is 2.90. The van der Waals surface area contributed by atoms with Gasteiger partial charge in [0.05, 0.1) is 17.3 Å². The summed E-state index contributed by atoms with van der Waals surface area (Å²) in [6, 6.07) is 8.37. The summed E-state index contributed by atoms with van der Waals surface area (Å²) in [5.74, 6) is 0.518. The number of anilines is 1. The summed E-state index contributed by atoms with van der Waals surface area (Å²) in [6.07, 6.45) is 8.52. The van der Waals surface area contributed by atoms with Gasteiger partial charge in [0.1, 0.15) is 5.82 Å². The maximum Gasteiger partial charge on any atom is 0.241 e. The molecule has 6 heteroatoms. The molecule has 2 unspecified atom stereocenters. The summed E-state index contributed by atoms with van der Waals surface area (Å²) in [5, 5.41) is 5.96. The standard InChI is InChI=1S/C23H29FN4O/c1-15-12-21(27-14-15)22(29)28-20-13-18(4-5-19(20)24)23(25,9-6-16-2-3-16)17-7-10-26-11-8-17/h4-5,7-8,10-11,13,15-16,21,27H,2-3,6,9,12,14,25H2,1H3,(H,28,29)/t15?,21-,23?/m1/s1. The molecule has 2 fully saturated rings. The van der Waals surface area contributed by atoms with Gasteiger partial charge in [0.25, 0.3) is 0 Å². The van der Waals surface area contributed by atoms with Crippen LogP contribution in [0.25, 0.3) is 0 Å². The zero-order valence-corrected chi connectivity index (χ0v) is 16.8. The second-order valence-corrected chi connectivity index (χ2v) is 8.67. The molecule has 0 radical (unpaired) electrons. The van der Waals surface area contributed by atoms with E-state index in [1.807, 2.05) is 12.1 Å². The Hall–Kier alpha value is -2.31. The summed E-state index contributed by atoms with van der Waals surface area (Å²) in [5.41, 5.74) is 8.11. The number of halogens is 1. The van der Waals surface area contributed by atoms with Crippen molar-refractivity contribution in [2.75, 3.05) is 11.9 Å². The molecular formula is C23H29FN4O. The van der Waals surface area contributed by atoms with E-state index in [4.69, 9.17) is 5.73 Å².